The van der Waals surface area contributed by atoms with Gasteiger partial charge in [0, 0.05) is 7.05 Å². The summed E-state index contributed by atoms with van der Waals surface area (Å²) in [4.78, 5) is 26.4. The minimum absolute atomic E-state index is 0.180. The lowest BCUT2D eigenvalue weighted by molar-refractivity contribution is -0.118. The van der Waals surface area contributed by atoms with Crippen molar-refractivity contribution < 1.29 is 14.3 Å². The molecule has 0 radical (unpaired) electrons. The Morgan fingerprint density at radius 1 is 1.75 bits per heavy atom. The first kappa shape index (κ1) is 8.51. The van der Waals surface area contributed by atoms with Crippen LogP contribution in [0.25, 0.3) is 0 Å². The van der Waals surface area contributed by atoms with Crippen LogP contribution >= 0.6 is 0 Å². The van der Waals surface area contributed by atoms with Gasteiger partial charge in [0.05, 0.1) is 13.7 Å². The maximum absolute atomic E-state index is 10.7. The van der Waals surface area contributed by atoms with Crippen LogP contribution in [0.2, 0.25) is 0 Å². The smallest absolute Gasteiger partial charge is 0.436 e. The van der Waals surface area contributed by atoms with Crippen LogP contribution in [0.15, 0.2) is 4.99 Å². The van der Waals surface area contributed by atoms with Crippen molar-refractivity contribution in [3.05, 3.63) is 0 Å². The highest BCUT2D eigenvalue weighted by Gasteiger charge is 2.22. The fourth-order valence-corrected chi connectivity index (χ4v) is 0.795. The van der Waals surface area contributed by atoms with Crippen molar-refractivity contribution in [3.8, 4) is 0 Å². The molecule has 66 valence electrons. The molecule has 1 saturated heterocycles. The zero-order valence-corrected chi connectivity index (χ0v) is 6.83. The van der Waals surface area contributed by atoms with Gasteiger partial charge in [0.25, 0.3) is 0 Å². The van der Waals surface area contributed by atoms with Crippen molar-refractivity contribution in [2.75, 3.05) is 20.7 Å². The largest absolute Gasteiger partial charge is 0.451 e. The van der Waals surface area contributed by atoms with Crippen LogP contribution in [0.5, 0.6) is 0 Å². The molecule has 1 aliphatic heterocycles. The fraction of sp³-hybridized carbons (Fsp3) is 0.500. The number of rotatable bonds is 0. The molecule has 0 atom stereocenters. The van der Waals surface area contributed by atoms with E-state index in [0.717, 1.165) is 0 Å². The molecule has 0 unspecified atom stereocenters. The summed E-state index contributed by atoms with van der Waals surface area (Å²) >= 11 is 0. The van der Waals surface area contributed by atoms with Crippen LogP contribution in [0.3, 0.4) is 0 Å². The number of nitrogens with one attached hydrogen (secondary N) is 1. The second kappa shape index (κ2) is 3.21. The molecule has 2 amide bonds. The lowest BCUT2D eigenvalue weighted by atomic mass is 10.6. The molecule has 0 aliphatic carbocycles. The summed E-state index contributed by atoms with van der Waals surface area (Å²) in [6, 6.07) is 0. The fourth-order valence-electron chi connectivity index (χ4n) is 0.795. The van der Waals surface area contributed by atoms with Gasteiger partial charge in [-0.15, -0.1) is 4.99 Å². The highest BCUT2D eigenvalue weighted by molar-refractivity contribution is 6.06. The van der Waals surface area contributed by atoms with Gasteiger partial charge in [-0.2, -0.15) is 0 Å². The minimum atomic E-state index is -0.723. The van der Waals surface area contributed by atoms with Crippen molar-refractivity contribution in [2.45, 2.75) is 0 Å². The van der Waals surface area contributed by atoms with Gasteiger partial charge in [-0.25, -0.2) is 4.79 Å². The molecule has 1 aliphatic rings. The summed E-state index contributed by atoms with van der Waals surface area (Å²) in [5.41, 5.74) is 0. The van der Waals surface area contributed by atoms with Gasteiger partial charge in [0.2, 0.25) is 11.9 Å². The molecule has 1 heterocycles. The lowest BCUT2D eigenvalue weighted by Gasteiger charge is -2.06. The van der Waals surface area contributed by atoms with Crippen LogP contribution in [0, 0.1) is 0 Å². The lowest BCUT2D eigenvalue weighted by Crippen LogP contribution is -2.28. The number of likely N-dealkylation sites (N-methyl/N-ethyl adjacent to an activating group) is 1. The Kier molecular flexibility index (Phi) is 2.27. The van der Waals surface area contributed by atoms with Gasteiger partial charge >= 0.3 is 6.09 Å². The van der Waals surface area contributed by atoms with Crippen molar-refractivity contribution in [2.24, 2.45) is 4.99 Å². The number of guanidine groups is 1. The number of nitrogens with zero attached hydrogens (tertiary/aromatic N) is 2. The molecule has 1 rings (SSSR count). The molecule has 1 N–H and O–H groups in total. The number of carbonyl (C=O) groups is 2. The van der Waals surface area contributed by atoms with Gasteiger partial charge < -0.3 is 9.64 Å². The molecule has 0 aromatic heterocycles. The van der Waals surface area contributed by atoms with Gasteiger partial charge in [0.15, 0.2) is 0 Å². The van der Waals surface area contributed by atoms with Crippen molar-refractivity contribution in [1.82, 2.24) is 10.2 Å². The second-order valence-corrected chi connectivity index (χ2v) is 2.31. The number of hydrogen-bond acceptors (Lipinski definition) is 3. The second-order valence-electron chi connectivity index (χ2n) is 2.31. The molecular weight excluding hydrogens is 162 g/mol. The number of hydrogen-bond donors (Lipinski definition) is 1. The third kappa shape index (κ3) is 1.71. The van der Waals surface area contributed by atoms with E-state index >= 15 is 0 Å². The van der Waals surface area contributed by atoms with Crippen molar-refractivity contribution in [3.63, 3.8) is 0 Å². The molecule has 0 bridgehead atoms. The number of ether oxygens (including phenoxy) is 1. The number of amides is 2. The normalized spacial score (nSPS) is 19.7. The zero-order valence-electron chi connectivity index (χ0n) is 6.83. The SMILES string of the molecule is COC(=O)/N=C1\NC(=O)CN1C. The highest BCUT2D eigenvalue weighted by atomic mass is 16.5. The summed E-state index contributed by atoms with van der Waals surface area (Å²) in [6.07, 6.45) is -0.723. The Hall–Kier alpha value is -1.59. The Bertz CT molecular complexity index is 248. The Labute approximate surface area is 69.2 Å². The van der Waals surface area contributed by atoms with Crippen LogP contribution in [0.1, 0.15) is 0 Å². The van der Waals surface area contributed by atoms with Gasteiger partial charge in [-0.1, -0.05) is 0 Å². The van der Waals surface area contributed by atoms with E-state index in [2.05, 4.69) is 15.0 Å². The molecule has 0 saturated carbocycles. The van der Waals surface area contributed by atoms with Crippen LogP contribution in [0.4, 0.5) is 4.79 Å². The number of aliphatic imine (C=N–C) groups is 1. The molecule has 0 aromatic rings. The standard InChI is InChI=1S/C6H9N3O3/c1-9-3-4(10)7-5(9)8-6(11)12-2/h3H2,1-2H3,(H,7,8,10,11). The van der Waals surface area contributed by atoms with E-state index in [1.165, 1.54) is 12.0 Å². The third-order valence-corrected chi connectivity index (χ3v) is 1.37. The predicted molar refractivity (Wildman–Crippen MR) is 40.6 cm³/mol. The van der Waals surface area contributed by atoms with E-state index in [4.69, 9.17) is 0 Å². The topological polar surface area (TPSA) is 71.0 Å². The zero-order chi connectivity index (χ0) is 9.14. The van der Waals surface area contributed by atoms with Crippen molar-refractivity contribution in [1.29, 1.82) is 0 Å². The van der Waals surface area contributed by atoms with Crippen LogP contribution in [-0.4, -0.2) is 43.6 Å². The third-order valence-electron chi connectivity index (χ3n) is 1.37. The quantitative estimate of drug-likeness (QED) is 0.516. The first-order valence-corrected chi connectivity index (χ1v) is 3.31. The van der Waals surface area contributed by atoms with Crippen LogP contribution < -0.4 is 5.32 Å². The summed E-state index contributed by atoms with van der Waals surface area (Å²) < 4.78 is 4.29. The van der Waals surface area contributed by atoms with E-state index in [1.807, 2.05) is 0 Å². The maximum atomic E-state index is 10.7. The summed E-state index contributed by atoms with van der Waals surface area (Å²) in [5, 5.41) is 2.40. The molecule has 6 heteroatoms. The minimum Gasteiger partial charge on any atom is -0.451 e. The average Bonchev–Trinajstić information content (AvgIpc) is 2.30. The van der Waals surface area contributed by atoms with E-state index < -0.39 is 6.09 Å². The first-order valence-electron chi connectivity index (χ1n) is 3.31. The average molecular weight is 171 g/mol. The molecule has 0 spiro atoms. The summed E-state index contributed by atoms with van der Waals surface area (Å²) in [5.74, 6) is 0.0482. The monoisotopic (exact) mass is 171 g/mol. The summed E-state index contributed by atoms with van der Waals surface area (Å²) in [6.45, 7) is 0.218. The highest BCUT2D eigenvalue weighted by Crippen LogP contribution is 1.95. The molecular formula is C6H9N3O3. The van der Waals surface area contributed by atoms with Crippen LogP contribution in [-0.2, 0) is 9.53 Å². The Morgan fingerprint density at radius 2 is 2.42 bits per heavy atom. The number of carbonyl (C=O) groups excluding carboxylic acids is 2. The molecule has 1 fully saturated rings. The Morgan fingerprint density at radius 3 is 2.83 bits per heavy atom. The van der Waals surface area contributed by atoms with Gasteiger partial charge in [0.1, 0.15) is 0 Å². The first-order chi connectivity index (χ1) is 5.63. The van der Waals surface area contributed by atoms with E-state index in [9.17, 15) is 9.59 Å². The molecule has 12 heavy (non-hydrogen) atoms. The Balaban J connectivity index is 2.69. The van der Waals surface area contributed by atoms with Crippen molar-refractivity contribution >= 4 is 18.0 Å². The molecule has 6 nitrogen and oxygen atoms in total. The number of methoxy groups -OCH3 is 1. The molecule has 0 aromatic carbocycles. The van der Waals surface area contributed by atoms with E-state index in [-0.39, 0.29) is 18.4 Å². The van der Waals surface area contributed by atoms with E-state index in [0.29, 0.717) is 0 Å². The van der Waals surface area contributed by atoms with E-state index in [1.54, 1.807) is 7.05 Å². The van der Waals surface area contributed by atoms with Gasteiger partial charge in [-0.05, 0) is 0 Å². The van der Waals surface area contributed by atoms with Gasteiger partial charge in [-0.3, -0.25) is 10.1 Å². The predicted octanol–water partition coefficient (Wildman–Crippen LogP) is -0.830. The summed E-state index contributed by atoms with van der Waals surface area (Å²) in [7, 11) is 2.88. The maximum Gasteiger partial charge on any atom is 0.436 e.